The molecule has 8 heteroatoms. The second-order valence-corrected chi connectivity index (χ2v) is 11.1. The molecule has 1 aliphatic carbocycles. The summed E-state index contributed by atoms with van der Waals surface area (Å²) in [6.45, 7) is 8.32. The largest absolute Gasteiger partial charge is 0.410 e. The standard InChI is InChI=1S/C27H39N5O3/c1-17(2)18-3-5-19(6-4-18)24-21-15-20(35-26(28)34)7-8-22(21)27(9-11-29-12-10-27)25(33)32(24)16-23-30-13-14-31-23/h7-8,15,17-19,24,29H,3-6,9-14,16H2,1-2H3,(H2,28,34)(H,30,31). The highest BCUT2D eigenvalue weighted by Gasteiger charge is 2.53. The first kappa shape index (κ1) is 24.1. The van der Waals surface area contributed by atoms with Gasteiger partial charge in [0.05, 0.1) is 24.5 Å². The van der Waals surface area contributed by atoms with Crippen LogP contribution in [0.3, 0.4) is 0 Å². The molecule has 190 valence electrons. The number of amidine groups is 1. The van der Waals surface area contributed by atoms with Crippen molar-refractivity contribution in [1.82, 2.24) is 15.5 Å². The molecule has 1 saturated carbocycles. The van der Waals surface area contributed by atoms with E-state index >= 15 is 0 Å². The number of nitrogens with two attached hydrogens (primary N) is 1. The van der Waals surface area contributed by atoms with Crippen LogP contribution in [-0.4, -0.2) is 55.5 Å². The van der Waals surface area contributed by atoms with Gasteiger partial charge in [0.1, 0.15) is 11.6 Å². The molecule has 0 radical (unpaired) electrons. The number of primary amides is 1. The zero-order chi connectivity index (χ0) is 24.6. The van der Waals surface area contributed by atoms with E-state index in [1.165, 1.54) is 12.8 Å². The van der Waals surface area contributed by atoms with Gasteiger partial charge >= 0.3 is 6.09 Å². The highest BCUT2D eigenvalue weighted by molar-refractivity contribution is 5.96. The maximum absolute atomic E-state index is 14.5. The van der Waals surface area contributed by atoms with Crippen molar-refractivity contribution in [2.75, 3.05) is 32.7 Å². The third-order valence-corrected chi connectivity index (χ3v) is 8.81. The summed E-state index contributed by atoms with van der Waals surface area (Å²) in [4.78, 5) is 32.8. The van der Waals surface area contributed by atoms with Crippen LogP contribution in [0.2, 0.25) is 0 Å². The van der Waals surface area contributed by atoms with Crippen molar-refractivity contribution < 1.29 is 14.3 Å². The Hall–Kier alpha value is -2.61. The summed E-state index contributed by atoms with van der Waals surface area (Å²) in [6, 6.07) is 5.73. The lowest BCUT2D eigenvalue weighted by Gasteiger charge is -2.52. The Morgan fingerprint density at radius 3 is 2.57 bits per heavy atom. The molecule has 0 aromatic heterocycles. The van der Waals surface area contributed by atoms with Gasteiger partial charge in [0.15, 0.2) is 0 Å². The van der Waals surface area contributed by atoms with Crippen molar-refractivity contribution in [3.63, 3.8) is 0 Å². The van der Waals surface area contributed by atoms with Crippen LogP contribution in [0, 0.1) is 17.8 Å². The Morgan fingerprint density at radius 1 is 1.20 bits per heavy atom. The van der Waals surface area contributed by atoms with Crippen LogP contribution in [0.5, 0.6) is 5.75 Å². The Morgan fingerprint density at radius 2 is 1.94 bits per heavy atom. The van der Waals surface area contributed by atoms with Crippen LogP contribution in [0.25, 0.3) is 0 Å². The van der Waals surface area contributed by atoms with Gasteiger partial charge in [-0.3, -0.25) is 9.79 Å². The monoisotopic (exact) mass is 481 g/mol. The number of carbonyl (C=O) groups excluding carboxylic acids is 2. The molecule has 1 atom stereocenters. The summed E-state index contributed by atoms with van der Waals surface area (Å²) in [7, 11) is 0. The van der Waals surface area contributed by atoms with E-state index in [9.17, 15) is 9.59 Å². The molecule has 4 N–H and O–H groups in total. The third-order valence-electron chi connectivity index (χ3n) is 8.81. The number of rotatable bonds is 5. The molecule has 2 fully saturated rings. The van der Waals surface area contributed by atoms with Crippen LogP contribution < -0.4 is 21.1 Å². The minimum absolute atomic E-state index is 0.0624. The average Bonchev–Trinajstić information content (AvgIpc) is 3.36. The van der Waals surface area contributed by atoms with E-state index in [-0.39, 0.29) is 11.9 Å². The van der Waals surface area contributed by atoms with Gasteiger partial charge < -0.3 is 26.0 Å². The predicted octanol–water partition coefficient (Wildman–Crippen LogP) is 3.11. The molecule has 0 bridgehead atoms. The molecule has 3 heterocycles. The lowest BCUT2D eigenvalue weighted by atomic mass is 9.63. The number of nitrogens with zero attached hydrogens (tertiary/aromatic N) is 2. The second-order valence-electron chi connectivity index (χ2n) is 11.1. The van der Waals surface area contributed by atoms with Crippen molar-refractivity contribution in [3.05, 3.63) is 29.3 Å². The number of amides is 2. The van der Waals surface area contributed by atoms with Crippen molar-refractivity contribution in [1.29, 1.82) is 0 Å². The fourth-order valence-electron chi connectivity index (χ4n) is 6.94. The number of hydrogen-bond acceptors (Lipinski definition) is 6. The number of nitrogens with one attached hydrogen (secondary N) is 2. The molecule has 8 nitrogen and oxygen atoms in total. The number of hydrogen-bond donors (Lipinski definition) is 3. The molecule has 1 saturated heterocycles. The molecule has 1 unspecified atom stereocenters. The maximum Gasteiger partial charge on any atom is 0.409 e. The zero-order valence-electron chi connectivity index (χ0n) is 21.0. The summed E-state index contributed by atoms with van der Waals surface area (Å²) >= 11 is 0. The van der Waals surface area contributed by atoms with Gasteiger partial charge in [-0.15, -0.1) is 0 Å². The molecular weight excluding hydrogens is 442 g/mol. The molecule has 35 heavy (non-hydrogen) atoms. The molecule has 4 aliphatic rings. The number of piperidine rings is 1. The van der Waals surface area contributed by atoms with Gasteiger partial charge in [-0.25, -0.2) is 4.79 Å². The molecule has 1 aromatic rings. The van der Waals surface area contributed by atoms with E-state index in [0.29, 0.717) is 24.1 Å². The summed E-state index contributed by atoms with van der Waals surface area (Å²) in [5, 5.41) is 6.81. The molecule has 1 aromatic carbocycles. The van der Waals surface area contributed by atoms with E-state index in [0.717, 1.165) is 74.7 Å². The fraction of sp³-hybridized carbons (Fsp3) is 0.667. The summed E-state index contributed by atoms with van der Waals surface area (Å²) in [5.74, 6) is 3.35. The lowest BCUT2D eigenvalue weighted by Crippen LogP contribution is -2.59. The van der Waals surface area contributed by atoms with Gasteiger partial charge in [-0.1, -0.05) is 19.9 Å². The SMILES string of the molecule is CC(C)C1CCC(C2c3cc(OC(N)=O)ccc3C3(CCNCC3)C(=O)N2CC2=NCCN2)CC1. The van der Waals surface area contributed by atoms with Gasteiger partial charge in [0.25, 0.3) is 0 Å². The first-order valence-electron chi connectivity index (χ1n) is 13.3. The fourth-order valence-corrected chi connectivity index (χ4v) is 6.94. The Balaban J connectivity index is 1.59. The van der Waals surface area contributed by atoms with Crippen LogP contribution in [-0.2, 0) is 10.2 Å². The molecule has 1 spiro atoms. The Labute approximate surface area is 208 Å². The first-order chi connectivity index (χ1) is 16.9. The van der Waals surface area contributed by atoms with E-state index in [1.807, 2.05) is 12.1 Å². The molecule has 5 rings (SSSR count). The summed E-state index contributed by atoms with van der Waals surface area (Å²) < 4.78 is 5.32. The Bertz CT molecular complexity index is 993. The Kier molecular flexibility index (Phi) is 6.75. The van der Waals surface area contributed by atoms with E-state index in [2.05, 4.69) is 34.4 Å². The van der Waals surface area contributed by atoms with E-state index < -0.39 is 11.5 Å². The summed E-state index contributed by atoms with van der Waals surface area (Å²) in [6.07, 6.45) is 5.25. The normalized spacial score (nSPS) is 28.0. The minimum Gasteiger partial charge on any atom is -0.410 e. The molecule has 2 amide bonds. The summed E-state index contributed by atoms with van der Waals surface area (Å²) in [5.41, 5.74) is 7.03. The van der Waals surface area contributed by atoms with Gasteiger partial charge in [-0.05, 0) is 92.6 Å². The average molecular weight is 482 g/mol. The maximum atomic E-state index is 14.5. The zero-order valence-corrected chi connectivity index (χ0v) is 21.0. The van der Waals surface area contributed by atoms with Crippen molar-refractivity contribution >= 4 is 17.8 Å². The van der Waals surface area contributed by atoms with Gasteiger partial charge in [0.2, 0.25) is 5.91 Å². The van der Waals surface area contributed by atoms with Crippen molar-refractivity contribution in [2.24, 2.45) is 28.5 Å². The number of carbonyl (C=O) groups is 2. The van der Waals surface area contributed by atoms with Crippen molar-refractivity contribution in [3.8, 4) is 5.75 Å². The third kappa shape index (κ3) is 4.53. The first-order valence-corrected chi connectivity index (χ1v) is 13.3. The second kappa shape index (κ2) is 9.80. The van der Waals surface area contributed by atoms with Crippen LogP contribution in [0.4, 0.5) is 4.79 Å². The van der Waals surface area contributed by atoms with Crippen LogP contribution in [0.15, 0.2) is 23.2 Å². The highest BCUT2D eigenvalue weighted by Crippen LogP contribution is 2.52. The minimum atomic E-state index is -0.816. The number of ether oxygens (including phenoxy) is 1. The van der Waals surface area contributed by atoms with Gasteiger partial charge in [-0.2, -0.15) is 0 Å². The molecular formula is C27H39N5O3. The predicted molar refractivity (Wildman–Crippen MR) is 135 cm³/mol. The van der Waals surface area contributed by atoms with Crippen molar-refractivity contribution in [2.45, 2.75) is 63.8 Å². The smallest absolute Gasteiger partial charge is 0.409 e. The lowest BCUT2D eigenvalue weighted by molar-refractivity contribution is -0.144. The van der Waals surface area contributed by atoms with E-state index in [4.69, 9.17) is 10.5 Å². The van der Waals surface area contributed by atoms with E-state index in [1.54, 1.807) is 6.07 Å². The number of fused-ring (bicyclic) bond motifs is 2. The van der Waals surface area contributed by atoms with Crippen LogP contribution >= 0.6 is 0 Å². The topological polar surface area (TPSA) is 109 Å². The van der Waals surface area contributed by atoms with Gasteiger partial charge in [0, 0.05) is 6.54 Å². The number of benzene rings is 1. The highest BCUT2D eigenvalue weighted by atomic mass is 16.5. The number of aliphatic imine (C=N–C) groups is 1. The van der Waals surface area contributed by atoms with Crippen LogP contribution in [0.1, 0.15) is 69.5 Å². The quantitative estimate of drug-likeness (QED) is 0.599. The molecule has 3 aliphatic heterocycles.